The number of rotatable bonds is 50. The number of likely N-dealkylation sites (N-methyl/N-ethyl adjacent to an activating group) is 1. The lowest BCUT2D eigenvalue weighted by Gasteiger charge is -2.31. The lowest BCUT2D eigenvalue weighted by atomic mass is 10.0. The van der Waals surface area contributed by atoms with Crippen molar-refractivity contribution in [1.29, 1.82) is 0 Å². The molecule has 2 unspecified atom stereocenters. The molecule has 0 saturated carbocycles. The third-order valence-corrected chi connectivity index (χ3v) is 12.5. The van der Waals surface area contributed by atoms with Crippen LogP contribution < -0.4 is 0 Å². The van der Waals surface area contributed by atoms with Crippen molar-refractivity contribution in [3.8, 4) is 0 Å². The average Bonchev–Trinajstić information content (AvgIpc) is 3.28. The summed E-state index contributed by atoms with van der Waals surface area (Å²) < 4.78 is 17.4. The number of ether oxygens (including phenoxy) is 3. The normalized spacial score (nSPS) is 13.2. The van der Waals surface area contributed by atoms with Gasteiger partial charge in [0.2, 0.25) is 0 Å². The summed E-state index contributed by atoms with van der Waals surface area (Å²) in [4.78, 5) is 37.2. The smallest absolute Gasteiger partial charge is 0.362 e. The first-order valence-electron chi connectivity index (χ1n) is 27.7. The molecule has 0 fully saturated rings. The number of hydrogen-bond donors (Lipinski definition) is 1. The third-order valence-electron chi connectivity index (χ3n) is 12.5. The molecule has 0 heterocycles. The molecule has 0 aliphatic rings. The maximum absolute atomic E-state index is 12.8. The monoisotopic (exact) mass is 929 g/mol. The van der Waals surface area contributed by atoms with E-state index < -0.39 is 18.1 Å². The number of esters is 2. The highest BCUT2D eigenvalue weighted by Crippen LogP contribution is 2.17. The summed E-state index contributed by atoms with van der Waals surface area (Å²) in [6, 6.07) is -0.616. The van der Waals surface area contributed by atoms with E-state index in [1.807, 2.05) is 21.1 Å². The summed E-state index contributed by atoms with van der Waals surface area (Å²) in [5.74, 6) is -1.46. The van der Waals surface area contributed by atoms with Gasteiger partial charge in [0.25, 0.3) is 0 Å². The summed E-state index contributed by atoms with van der Waals surface area (Å²) in [6.07, 6.45) is 60.2. The Bertz CT molecular complexity index is 1220. The zero-order valence-electron chi connectivity index (χ0n) is 43.9. The van der Waals surface area contributed by atoms with Crippen molar-refractivity contribution in [2.24, 2.45) is 0 Å². The third kappa shape index (κ3) is 46.4. The zero-order valence-corrected chi connectivity index (χ0v) is 43.9. The predicted molar refractivity (Wildman–Crippen MR) is 280 cm³/mol. The molecule has 1 N–H and O–H groups in total. The van der Waals surface area contributed by atoms with Crippen LogP contribution in [0.3, 0.4) is 0 Å². The van der Waals surface area contributed by atoms with Crippen LogP contribution in [-0.4, -0.2) is 80.6 Å². The molecule has 0 aromatic carbocycles. The Morgan fingerprint density at radius 3 is 1.26 bits per heavy atom. The van der Waals surface area contributed by atoms with Crippen molar-refractivity contribution >= 4 is 17.9 Å². The summed E-state index contributed by atoms with van der Waals surface area (Å²) in [5, 5.41) is 9.67. The molecule has 0 aliphatic carbocycles. The van der Waals surface area contributed by atoms with Gasteiger partial charge in [0.15, 0.2) is 12.1 Å². The number of carbonyl (C=O) groups is 3. The van der Waals surface area contributed by atoms with Gasteiger partial charge in [-0.2, -0.15) is 0 Å². The van der Waals surface area contributed by atoms with Gasteiger partial charge in [-0.05, 0) is 51.4 Å². The van der Waals surface area contributed by atoms with E-state index in [0.717, 1.165) is 70.6 Å². The molecular weight excluding hydrogens is 823 g/mol. The van der Waals surface area contributed by atoms with Crippen molar-refractivity contribution in [2.75, 3.05) is 41.0 Å². The van der Waals surface area contributed by atoms with Crippen LogP contribution in [-0.2, 0) is 28.6 Å². The second-order valence-corrected chi connectivity index (χ2v) is 19.8. The number of quaternary nitrogens is 1. The standard InChI is InChI=1S/C58H105NO7/c1-6-8-10-12-14-16-18-20-22-24-26-28-29-31-32-34-36-38-40-42-44-46-48-56(60)65-53-54(52-64-51-50-55(58(62)63)59(3,4)5)66-57(61)49-47-45-43-41-39-37-35-33-30-27-25-23-21-19-17-15-13-11-9-7-2/h8,10,14,16,20,22,26,28,54-55H,6-7,9,11-13,15,17-19,21,23-25,27,29-53H2,1-5H3/p+1/b10-8+,16-14+,22-20+,28-26+. The first kappa shape index (κ1) is 63.3. The Morgan fingerprint density at radius 1 is 0.470 bits per heavy atom. The van der Waals surface area contributed by atoms with Crippen LogP contribution in [0.4, 0.5) is 0 Å². The molecule has 8 nitrogen and oxygen atoms in total. The SMILES string of the molecule is CC/C=C/C/C=C/C/C=C/C/C=C/CCCCCCCCCCCC(=O)OCC(COCCC(C(=O)O)[N+](C)(C)C)OC(=O)CCCCCCCCCCCCCCCCCCCCCC. The van der Waals surface area contributed by atoms with E-state index in [1.165, 1.54) is 148 Å². The summed E-state index contributed by atoms with van der Waals surface area (Å²) in [6.45, 7) is 4.66. The van der Waals surface area contributed by atoms with Gasteiger partial charge in [0, 0.05) is 19.3 Å². The highest BCUT2D eigenvalue weighted by atomic mass is 16.6. The minimum Gasteiger partial charge on any atom is -0.477 e. The summed E-state index contributed by atoms with van der Waals surface area (Å²) in [7, 11) is 5.54. The van der Waals surface area contributed by atoms with Gasteiger partial charge < -0.3 is 23.8 Å². The van der Waals surface area contributed by atoms with E-state index in [4.69, 9.17) is 14.2 Å². The fourth-order valence-electron chi connectivity index (χ4n) is 8.26. The molecule has 0 spiro atoms. The minimum atomic E-state index is -0.873. The average molecular weight is 929 g/mol. The second kappa shape index (κ2) is 48.7. The predicted octanol–water partition coefficient (Wildman–Crippen LogP) is 16.3. The van der Waals surface area contributed by atoms with E-state index in [9.17, 15) is 19.5 Å². The van der Waals surface area contributed by atoms with Crippen LogP contribution in [0.1, 0.15) is 251 Å². The van der Waals surface area contributed by atoms with Crippen molar-refractivity contribution in [2.45, 2.75) is 264 Å². The lowest BCUT2D eigenvalue weighted by Crippen LogP contribution is -2.50. The number of carboxylic acid groups (broad SMARTS) is 1. The lowest BCUT2D eigenvalue weighted by molar-refractivity contribution is -0.887. The number of aliphatic carboxylic acids is 1. The maximum atomic E-state index is 12.8. The van der Waals surface area contributed by atoms with Crippen molar-refractivity contribution in [3.63, 3.8) is 0 Å². The quantitative estimate of drug-likeness (QED) is 0.0281. The molecular formula is C58H106NO7+. The van der Waals surface area contributed by atoms with Crippen LogP contribution in [0, 0.1) is 0 Å². The Morgan fingerprint density at radius 2 is 0.848 bits per heavy atom. The van der Waals surface area contributed by atoms with E-state index in [2.05, 4.69) is 62.5 Å². The molecule has 0 rings (SSSR count). The fourth-order valence-corrected chi connectivity index (χ4v) is 8.26. The Balaban J connectivity index is 4.18. The van der Waals surface area contributed by atoms with Crippen LogP contribution in [0.15, 0.2) is 48.6 Å². The van der Waals surface area contributed by atoms with E-state index >= 15 is 0 Å². The van der Waals surface area contributed by atoms with Gasteiger partial charge in [0.05, 0.1) is 34.4 Å². The van der Waals surface area contributed by atoms with Crippen molar-refractivity contribution in [1.82, 2.24) is 0 Å². The highest BCUT2D eigenvalue weighted by Gasteiger charge is 2.31. The molecule has 0 bridgehead atoms. The van der Waals surface area contributed by atoms with Crippen LogP contribution in [0.25, 0.3) is 0 Å². The van der Waals surface area contributed by atoms with Gasteiger partial charge in [-0.15, -0.1) is 0 Å². The molecule has 0 amide bonds. The zero-order chi connectivity index (χ0) is 48.4. The number of carboxylic acids is 1. The van der Waals surface area contributed by atoms with E-state index in [1.54, 1.807) is 0 Å². The minimum absolute atomic E-state index is 0.0518. The second-order valence-electron chi connectivity index (χ2n) is 19.8. The number of nitrogens with zero attached hydrogens (tertiary/aromatic N) is 1. The van der Waals surface area contributed by atoms with Gasteiger partial charge in [-0.1, -0.05) is 229 Å². The van der Waals surface area contributed by atoms with Crippen molar-refractivity contribution < 1.29 is 38.2 Å². The highest BCUT2D eigenvalue weighted by molar-refractivity contribution is 5.72. The number of allylic oxidation sites excluding steroid dienone is 8. The van der Waals surface area contributed by atoms with Gasteiger partial charge in [0.1, 0.15) is 6.61 Å². The van der Waals surface area contributed by atoms with Crippen LogP contribution in [0.2, 0.25) is 0 Å². The maximum Gasteiger partial charge on any atom is 0.362 e. The topological polar surface area (TPSA) is 99.1 Å². The van der Waals surface area contributed by atoms with Gasteiger partial charge >= 0.3 is 17.9 Å². The Labute approximate surface area is 407 Å². The number of unbranched alkanes of at least 4 members (excludes halogenated alkanes) is 28. The van der Waals surface area contributed by atoms with E-state index in [-0.39, 0.29) is 36.2 Å². The largest absolute Gasteiger partial charge is 0.477 e. The molecule has 66 heavy (non-hydrogen) atoms. The summed E-state index contributed by atoms with van der Waals surface area (Å²) in [5.41, 5.74) is 0. The fraction of sp³-hybridized carbons (Fsp3) is 0.810. The molecule has 384 valence electrons. The molecule has 2 atom stereocenters. The molecule has 0 aliphatic heterocycles. The summed E-state index contributed by atoms with van der Waals surface area (Å²) >= 11 is 0. The van der Waals surface area contributed by atoms with Crippen molar-refractivity contribution in [3.05, 3.63) is 48.6 Å². The van der Waals surface area contributed by atoms with Gasteiger partial charge in [-0.25, -0.2) is 4.79 Å². The molecule has 0 aromatic heterocycles. The first-order chi connectivity index (χ1) is 32.1. The van der Waals surface area contributed by atoms with Crippen LogP contribution >= 0.6 is 0 Å². The Kier molecular flexibility index (Phi) is 46.7. The molecule has 0 saturated heterocycles. The van der Waals surface area contributed by atoms with Crippen LogP contribution in [0.5, 0.6) is 0 Å². The number of hydrogen-bond acceptors (Lipinski definition) is 6. The molecule has 8 heteroatoms. The van der Waals surface area contributed by atoms with Gasteiger partial charge in [-0.3, -0.25) is 9.59 Å². The molecule has 0 radical (unpaired) electrons. The number of carbonyl (C=O) groups excluding carboxylic acids is 2. The molecule has 0 aromatic rings. The van der Waals surface area contributed by atoms with E-state index in [0.29, 0.717) is 19.3 Å². The first-order valence-corrected chi connectivity index (χ1v) is 27.7. The Hall–Kier alpha value is -2.71.